The molecule has 2 aliphatic heterocycles. The second-order valence-corrected chi connectivity index (χ2v) is 8.00. The highest BCUT2D eigenvalue weighted by atomic mass is 32.1. The maximum absolute atomic E-state index is 12.7. The monoisotopic (exact) mass is 410 g/mol. The zero-order chi connectivity index (χ0) is 20.2. The summed E-state index contributed by atoms with van der Waals surface area (Å²) in [5.41, 5.74) is 4.00. The van der Waals surface area contributed by atoms with E-state index in [4.69, 9.17) is 22.4 Å². The Kier molecular flexibility index (Phi) is 6.18. The number of benzene rings is 1. The van der Waals surface area contributed by atoms with E-state index in [0.717, 1.165) is 34.7 Å². The van der Waals surface area contributed by atoms with Gasteiger partial charge in [0.05, 0.1) is 13.2 Å². The van der Waals surface area contributed by atoms with Crippen molar-refractivity contribution in [3.8, 4) is 0 Å². The fourth-order valence-corrected chi connectivity index (χ4v) is 4.26. The number of hydrogen-bond acceptors (Lipinski definition) is 5. The van der Waals surface area contributed by atoms with Gasteiger partial charge in [0.25, 0.3) is 0 Å². The average molecular weight is 411 g/mol. The van der Waals surface area contributed by atoms with Crippen molar-refractivity contribution in [1.29, 1.82) is 5.41 Å². The first-order valence-electron chi connectivity index (χ1n) is 10.1. The Labute approximate surface area is 176 Å². The number of allylic oxidation sites excluding steroid dienone is 3. The average Bonchev–Trinajstić information content (AvgIpc) is 2.75. The molecule has 1 atom stereocenters. The first kappa shape index (κ1) is 19.9. The van der Waals surface area contributed by atoms with Crippen LogP contribution in [0.25, 0.3) is 0 Å². The number of fused-ring (bicyclic) bond motifs is 1. The molecule has 1 amide bonds. The molecule has 1 fully saturated rings. The standard InChI is InChI=1S/C22H26N4O2S/c23-22(17-3-1-2-4-20(17)29)25-16-6-5-15-7-8-24-19(18(15)13-16)14-21(27)26-9-11-28-12-10-26/h1-3,5-6,13,19,24H,4,7-12,14H2,(H2,23,25). The number of ether oxygens (including phenoxy) is 1. The predicted molar refractivity (Wildman–Crippen MR) is 119 cm³/mol. The quantitative estimate of drug-likeness (QED) is 0.404. The molecule has 0 bridgehead atoms. The Morgan fingerprint density at radius 2 is 2.17 bits per heavy atom. The number of morpholine rings is 1. The van der Waals surface area contributed by atoms with Crippen LogP contribution in [-0.2, 0) is 16.0 Å². The van der Waals surface area contributed by atoms with Crippen LogP contribution in [0.15, 0.2) is 42.0 Å². The molecule has 6 nitrogen and oxygen atoms in total. The fraction of sp³-hybridized carbons (Fsp3) is 0.409. The van der Waals surface area contributed by atoms with Gasteiger partial charge in [-0.3, -0.25) is 10.2 Å². The molecule has 1 saturated heterocycles. The van der Waals surface area contributed by atoms with Gasteiger partial charge in [0, 0.05) is 48.1 Å². The van der Waals surface area contributed by atoms with Gasteiger partial charge in [0.15, 0.2) is 0 Å². The molecular weight excluding hydrogens is 384 g/mol. The zero-order valence-electron chi connectivity index (χ0n) is 16.4. The third-order valence-corrected chi connectivity index (χ3v) is 5.98. The Morgan fingerprint density at radius 3 is 2.97 bits per heavy atom. The molecule has 2 heterocycles. The molecule has 1 aromatic rings. The molecular formula is C22H26N4O2S. The molecule has 0 aromatic heterocycles. The van der Waals surface area contributed by atoms with Crippen LogP contribution in [0, 0.1) is 5.41 Å². The molecule has 0 saturated carbocycles. The summed E-state index contributed by atoms with van der Waals surface area (Å²) in [4.78, 5) is 15.4. The largest absolute Gasteiger partial charge is 0.378 e. The first-order chi connectivity index (χ1) is 14.1. The van der Waals surface area contributed by atoms with E-state index in [1.54, 1.807) is 0 Å². The number of carbonyl (C=O) groups excluding carboxylic acids is 1. The van der Waals surface area contributed by atoms with Gasteiger partial charge in [-0.25, -0.2) is 0 Å². The van der Waals surface area contributed by atoms with E-state index in [0.29, 0.717) is 45.0 Å². The van der Waals surface area contributed by atoms with Gasteiger partial charge < -0.3 is 20.3 Å². The molecule has 1 aromatic carbocycles. The molecule has 0 spiro atoms. The number of anilines is 1. The van der Waals surface area contributed by atoms with E-state index in [1.165, 1.54) is 5.56 Å². The second kappa shape index (κ2) is 8.98. The van der Waals surface area contributed by atoms with Crippen molar-refractivity contribution in [2.75, 3.05) is 38.2 Å². The smallest absolute Gasteiger partial charge is 0.224 e. The molecule has 4 rings (SSSR count). The zero-order valence-corrected chi connectivity index (χ0v) is 17.2. The Hall–Kier alpha value is -2.35. The third kappa shape index (κ3) is 4.63. The molecule has 29 heavy (non-hydrogen) atoms. The highest BCUT2D eigenvalue weighted by Crippen LogP contribution is 2.29. The summed E-state index contributed by atoms with van der Waals surface area (Å²) in [6, 6.07) is 6.16. The van der Waals surface area contributed by atoms with Gasteiger partial charge in [0.2, 0.25) is 5.91 Å². The van der Waals surface area contributed by atoms with Crippen LogP contribution in [0.2, 0.25) is 0 Å². The van der Waals surface area contributed by atoms with Gasteiger partial charge in [-0.1, -0.05) is 36.5 Å². The minimum Gasteiger partial charge on any atom is -0.378 e. The van der Waals surface area contributed by atoms with Gasteiger partial charge in [-0.05, 0) is 36.2 Å². The van der Waals surface area contributed by atoms with Gasteiger partial charge in [0.1, 0.15) is 5.84 Å². The van der Waals surface area contributed by atoms with Crippen LogP contribution in [0.1, 0.15) is 30.0 Å². The number of carbonyl (C=O) groups is 1. The minimum absolute atomic E-state index is 0.0112. The van der Waals surface area contributed by atoms with E-state index in [2.05, 4.69) is 22.8 Å². The lowest BCUT2D eigenvalue weighted by atomic mass is 9.91. The Balaban J connectivity index is 1.48. The van der Waals surface area contributed by atoms with Gasteiger partial charge >= 0.3 is 0 Å². The SMILES string of the molecule is N=C(Nc1ccc2c(c1)C(CC(=O)N1CCOCC1)NCC2)C1=CC=CCC1=S. The maximum Gasteiger partial charge on any atom is 0.224 e. The van der Waals surface area contributed by atoms with Crippen molar-refractivity contribution in [3.05, 3.63) is 53.1 Å². The lowest BCUT2D eigenvalue weighted by Crippen LogP contribution is -2.43. The summed E-state index contributed by atoms with van der Waals surface area (Å²) in [7, 11) is 0. The lowest BCUT2D eigenvalue weighted by Gasteiger charge is -2.31. The van der Waals surface area contributed by atoms with Crippen molar-refractivity contribution in [2.45, 2.75) is 25.3 Å². The fourth-order valence-electron chi connectivity index (χ4n) is 3.99. The number of rotatable bonds is 4. The molecule has 152 valence electrons. The summed E-state index contributed by atoms with van der Waals surface area (Å²) in [5, 5.41) is 15.1. The van der Waals surface area contributed by atoms with E-state index in [1.807, 2.05) is 29.2 Å². The van der Waals surface area contributed by atoms with Crippen molar-refractivity contribution in [1.82, 2.24) is 10.2 Å². The van der Waals surface area contributed by atoms with Crippen LogP contribution < -0.4 is 10.6 Å². The first-order valence-corrected chi connectivity index (χ1v) is 10.5. The topological polar surface area (TPSA) is 77.5 Å². The van der Waals surface area contributed by atoms with Crippen LogP contribution in [0.5, 0.6) is 0 Å². The highest BCUT2D eigenvalue weighted by molar-refractivity contribution is 7.81. The molecule has 3 aliphatic rings. The van der Waals surface area contributed by atoms with E-state index in [-0.39, 0.29) is 11.9 Å². The van der Waals surface area contributed by atoms with Crippen molar-refractivity contribution < 1.29 is 9.53 Å². The number of nitrogens with one attached hydrogen (secondary N) is 3. The van der Waals surface area contributed by atoms with Crippen LogP contribution in [0.4, 0.5) is 5.69 Å². The molecule has 7 heteroatoms. The van der Waals surface area contributed by atoms with Crippen molar-refractivity contribution in [3.63, 3.8) is 0 Å². The maximum atomic E-state index is 12.7. The summed E-state index contributed by atoms with van der Waals surface area (Å²) in [6.07, 6.45) is 7.89. The van der Waals surface area contributed by atoms with E-state index < -0.39 is 0 Å². The van der Waals surface area contributed by atoms with Gasteiger partial charge in [-0.15, -0.1) is 0 Å². The normalized spacial score (nSPS) is 21.4. The van der Waals surface area contributed by atoms with E-state index >= 15 is 0 Å². The number of amides is 1. The molecule has 1 unspecified atom stereocenters. The van der Waals surface area contributed by atoms with Crippen LogP contribution >= 0.6 is 12.2 Å². The minimum atomic E-state index is -0.0112. The van der Waals surface area contributed by atoms with Crippen LogP contribution in [0.3, 0.4) is 0 Å². The second-order valence-electron chi connectivity index (χ2n) is 7.50. The molecule has 1 aliphatic carbocycles. The summed E-state index contributed by atoms with van der Waals surface area (Å²) >= 11 is 5.38. The molecule has 0 radical (unpaired) electrons. The predicted octanol–water partition coefficient (Wildman–Crippen LogP) is 2.77. The number of nitrogens with zero attached hydrogens (tertiary/aromatic N) is 1. The highest BCUT2D eigenvalue weighted by Gasteiger charge is 2.26. The third-order valence-electron chi connectivity index (χ3n) is 5.59. The number of thiocarbonyl (C=S) groups is 1. The van der Waals surface area contributed by atoms with Crippen molar-refractivity contribution >= 4 is 34.5 Å². The summed E-state index contributed by atoms with van der Waals surface area (Å²) < 4.78 is 5.35. The lowest BCUT2D eigenvalue weighted by molar-refractivity contribution is -0.135. The van der Waals surface area contributed by atoms with E-state index in [9.17, 15) is 4.79 Å². The Morgan fingerprint density at radius 1 is 1.34 bits per heavy atom. The summed E-state index contributed by atoms with van der Waals surface area (Å²) in [6.45, 7) is 3.43. The summed E-state index contributed by atoms with van der Waals surface area (Å²) in [5.74, 6) is 0.471. The number of hydrogen-bond donors (Lipinski definition) is 3. The van der Waals surface area contributed by atoms with Gasteiger partial charge in [-0.2, -0.15) is 0 Å². The Bertz CT molecular complexity index is 887. The molecule has 3 N–H and O–H groups in total. The van der Waals surface area contributed by atoms with Crippen molar-refractivity contribution in [2.24, 2.45) is 0 Å². The number of amidine groups is 1. The van der Waals surface area contributed by atoms with Crippen LogP contribution in [-0.4, -0.2) is 54.4 Å².